The van der Waals surface area contributed by atoms with Crippen molar-refractivity contribution in [3.05, 3.63) is 0 Å². The van der Waals surface area contributed by atoms with Gasteiger partial charge in [0.05, 0.1) is 23.9 Å². The Labute approximate surface area is 191 Å². The fraction of sp³-hybridized carbons (Fsp3) is 0.923. The van der Waals surface area contributed by atoms with Crippen LogP contribution in [0.15, 0.2) is 0 Å². The monoisotopic (exact) mass is 448 g/mol. The van der Waals surface area contributed by atoms with Gasteiger partial charge in [0.1, 0.15) is 0 Å². The highest BCUT2D eigenvalue weighted by Gasteiger charge is 2.63. The average Bonchev–Trinajstić information content (AvgIpc) is 3.21. The third kappa shape index (κ3) is 3.47. The first-order chi connectivity index (χ1) is 14.6. The maximum absolute atomic E-state index is 12.2. The first-order valence-corrected chi connectivity index (χ1v) is 13.6. The van der Waals surface area contributed by atoms with Gasteiger partial charge in [-0.25, -0.2) is 0 Å². The minimum absolute atomic E-state index is 0.0453. The molecule has 0 amide bonds. The Hall–Kier alpha value is -0.390. The van der Waals surface area contributed by atoms with E-state index in [9.17, 15) is 19.8 Å². The van der Waals surface area contributed by atoms with Crippen LogP contribution >= 0.6 is 11.8 Å². The van der Waals surface area contributed by atoms with E-state index in [2.05, 4.69) is 20.8 Å². The highest BCUT2D eigenvalue weighted by atomic mass is 32.2. The summed E-state index contributed by atoms with van der Waals surface area (Å²) in [5.74, 6) is 3.12. The van der Waals surface area contributed by atoms with Gasteiger partial charge in [-0.15, -0.1) is 0 Å². The number of thioether (sulfide) groups is 1. The Morgan fingerprint density at radius 1 is 1.00 bits per heavy atom. The molecule has 0 aromatic rings. The molecule has 0 spiro atoms. The summed E-state index contributed by atoms with van der Waals surface area (Å²) in [5.41, 5.74) is 0.497. The summed E-state index contributed by atoms with van der Waals surface area (Å²) < 4.78 is 0. The van der Waals surface area contributed by atoms with Gasteiger partial charge in [0.2, 0.25) is 0 Å². The van der Waals surface area contributed by atoms with Crippen LogP contribution in [0.2, 0.25) is 0 Å². The quantitative estimate of drug-likeness (QED) is 0.617. The van der Waals surface area contributed by atoms with Gasteiger partial charge >= 0.3 is 0 Å². The molecular weight excluding hydrogens is 408 g/mol. The molecule has 31 heavy (non-hydrogen) atoms. The van der Waals surface area contributed by atoms with Crippen LogP contribution in [-0.2, 0) is 9.59 Å². The maximum atomic E-state index is 12.2. The summed E-state index contributed by atoms with van der Waals surface area (Å²) in [6.07, 6.45) is 9.06. The molecule has 0 radical (unpaired) electrons. The van der Waals surface area contributed by atoms with Crippen molar-refractivity contribution >= 4 is 22.7 Å². The van der Waals surface area contributed by atoms with Gasteiger partial charge < -0.3 is 10.2 Å². The molecule has 1 saturated heterocycles. The van der Waals surface area contributed by atoms with Crippen LogP contribution in [0.5, 0.6) is 0 Å². The average molecular weight is 449 g/mol. The molecule has 5 rings (SSSR count). The van der Waals surface area contributed by atoms with Gasteiger partial charge in [0.15, 0.2) is 10.9 Å². The maximum Gasteiger partial charge on any atom is 0.197 e. The summed E-state index contributed by atoms with van der Waals surface area (Å²) in [4.78, 5) is 23.9. The number of aliphatic hydroxyl groups excluding tert-OH is 2. The van der Waals surface area contributed by atoms with Gasteiger partial charge in [-0.1, -0.05) is 32.5 Å². The van der Waals surface area contributed by atoms with Crippen LogP contribution in [0.25, 0.3) is 0 Å². The molecule has 4 saturated carbocycles. The zero-order valence-electron chi connectivity index (χ0n) is 19.4. The fourth-order valence-corrected chi connectivity index (χ4v) is 10.5. The first kappa shape index (κ1) is 22.4. The van der Waals surface area contributed by atoms with Crippen LogP contribution in [-0.4, -0.2) is 38.6 Å². The number of hydrogen-bond donors (Lipinski definition) is 2. The van der Waals surface area contributed by atoms with Crippen LogP contribution in [0.3, 0.4) is 0 Å². The second kappa shape index (κ2) is 7.84. The molecule has 2 N–H and O–H groups in total. The van der Waals surface area contributed by atoms with Gasteiger partial charge in [-0.3, -0.25) is 9.59 Å². The SMILES string of the molecule is C[C@H](C[C@H]1SC(=O)CC1=O)C1CCC2C3C(O)C[C@@H]4C[C@H](O)CC[C@]4(C)C3CC[C@@]21C. The van der Waals surface area contributed by atoms with Crippen LogP contribution in [0, 0.1) is 46.3 Å². The lowest BCUT2D eigenvalue weighted by Gasteiger charge is -2.62. The lowest BCUT2D eigenvalue weighted by atomic mass is 9.43. The zero-order valence-corrected chi connectivity index (χ0v) is 20.2. The molecule has 0 bridgehead atoms. The van der Waals surface area contributed by atoms with Crippen molar-refractivity contribution in [1.29, 1.82) is 0 Å². The van der Waals surface area contributed by atoms with Crippen molar-refractivity contribution in [2.24, 2.45) is 46.3 Å². The molecule has 4 nitrogen and oxygen atoms in total. The number of hydrogen-bond acceptors (Lipinski definition) is 5. The summed E-state index contributed by atoms with van der Waals surface area (Å²) in [7, 11) is 0. The lowest BCUT2D eigenvalue weighted by molar-refractivity contribution is -0.174. The zero-order chi connectivity index (χ0) is 22.1. The number of rotatable bonds is 3. The Balaban J connectivity index is 1.35. The normalized spacial score (nSPS) is 53.1. The van der Waals surface area contributed by atoms with Crippen molar-refractivity contribution in [2.75, 3.05) is 0 Å². The molecule has 1 heterocycles. The summed E-state index contributed by atoms with van der Waals surface area (Å²) in [6.45, 7) is 7.24. The third-order valence-electron chi connectivity index (χ3n) is 11.0. The molecule has 1 aliphatic heterocycles. The van der Waals surface area contributed by atoms with Crippen molar-refractivity contribution in [3.8, 4) is 0 Å². The van der Waals surface area contributed by atoms with Crippen molar-refractivity contribution in [3.63, 3.8) is 0 Å². The molecule has 0 aromatic carbocycles. The van der Waals surface area contributed by atoms with Gasteiger partial charge in [0, 0.05) is 0 Å². The topological polar surface area (TPSA) is 74.6 Å². The number of aliphatic hydroxyl groups is 2. The van der Waals surface area contributed by atoms with E-state index in [1.165, 1.54) is 37.4 Å². The van der Waals surface area contributed by atoms with E-state index in [0.717, 1.165) is 32.1 Å². The summed E-state index contributed by atoms with van der Waals surface area (Å²) in [5, 5.41) is 21.5. The molecular formula is C26H40O4S. The van der Waals surface area contributed by atoms with Crippen molar-refractivity contribution < 1.29 is 19.8 Å². The third-order valence-corrected chi connectivity index (χ3v) is 12.1. The fourth-order valence-electron chi connectivity index (χ4n) is 9.38. The standard InChI is InChI=1S/C26H40O4S/c1-14(10-22-20(28)13-23(30)31-22)17-4-5-18-24-19(7-9-26(17,18)3)25(2)8-6-16(27)11-15(25)12-21(24)29/h14-19,21-22,24,27,29H,4-13H2,1-3H3/t14-,15+,16-,17?,18?,19?,21?,22-,24?,25+,26-/m1/s1. The van der Waals surface area contributed by atoms with Crippen molar-refractivity contribution in [2.45, 2.75) is 102 Å². The second-order valence-electron chi connectivity index (χ2n) is 12.3. The Morgan fingerprint density at radius 2 is 1.71 bits per heavy atom. The largest absolute Gasteiger partial charge is 0.393 e. The van der Waals surface area contributed by atoms with E-state index in [1.807, 2.05) is 0 Å². The van der Waals surface area contributed by atoms with E-state index in [0.29, 0.717) is 35.5 Å². The van der Waals surface area contributed by atoms with E-state index < -0.39 is 0 Å². The van der Waals surface area contributed by atoms with Gasteiger partial charge in [-0.2, -0.15) is 0 Å². The van der Waals surface area contributed by atoms with E-state index in [-0.39, 0.29) is 45.6 Å². The smallest absolute Gasteiger partial charge is 0.197 e. The minimum atomic E-state index is -0.239. The molecule has 0 aromatic heterocycles. The van der Waals surface area contributed by atoms with E-state index >= 15 is 0 Å². The Bertz CT molecular complexity index is 754. The van der Waals surface area contributed by atoms with E-state index in [4.69, 9.17) is 0 Å². The van der Waals surface area contributed by atoms with Gasteiger partial charge in [0.25, 0.3) is 0 Å². The second-order valence-corrected chi connectivity index (χ2v) is 13.5. The number of ketones is 1. The Morgan fingerprint density at radius 3 is 2.42 bits per heavy atom. The molecule has 4 aliphatic carbocycles. The molecule has 174 valence electrons. The van der Waals surface area contributed by atoms with E-state index in [1.54, 1.807) is 0 Å². The molecule has 5 aliphatic rings. The molecule has 5 unspecified atom stereocenters. The molecule has 11 atom stereocenters. The number of Topliss-reactive ketones (excluding diaryl/α,β-unsaturated/α-hetero) is 1. The van der Waals surface area contributed by atoms with Crippen LogP contribution in [0.4, 0.5) is 0 Å². The Kier molecular flexibility index (Phi) is 5.66. The number of fused-ring (bicyclic) bond motifs is 5. The minimum Gasteiger partial charge on any atom is -0.393 e. The molecule has 5 fully saturated rings. The highest BCUT2D eigenvalue weighted by Crippen LogP contribution is 2.68. The van der Waals surface area contributed by atoms with Crippen LogP contribution < -0.4 is 0 Å². The van der Waals surface area contributed by atoms with Crippen LogP contribution in [0.1, 0.15) is 85.0 Å². The first-order valence-electron chi connectivity index (χ1n) is 12.7. The predicted molar refractivity (Wildman–Crippen MR) is 122 cm³/mol. The van der Waals surface area contributed by atoms with Gasteiger partial charge in [-0.05, 0) is 104 Å². The highest BCUT2D eigenvalue weighted by molar-refractivity contribution is 8.15. The predicted octanol–water partition coefficient (Wildman–Crippen LogP) is 4.60. The van der Waals surface area contributed by atoms with Crippen molar-refractivity contribution in [1.82, 2.24) is 0 Å². The lowest BCUT2D eigenvalue weighted by Crippen LogP contribution is -2.58. The summed E-state index contributed by atoms with van der Waals surface area (Å²) >= 11 is 1.27. The molecule has 5 heteroatoms. The number of carbonyl (C=O) groups is 2. The summed E-state index contributed by atoms with van der Waals surface area (Å²) in [6, 6.07) is 0. The number of carbonyl (C=O) groups excluding carboxylic acids is 2.